The molecule has 4 rings (SSSR count). The van der Waals surface area contributed by atoms with E-state index in [-0.39, 0.29) is 11.7 Å². The van der Waals surface area contributed by atoms with E-state index in [1.165, 1.54) is 11.8 Å². The Morgan fingerprint density at radius 2 is 1.83 bits per heavy atom. The number of carbonyl (C=O) groups is 1. The van der Waals surface area contributed by atoms with Gasteiger partial charge in [-0.25, -0.2) is 0 Å². The van der Waals surface area contributed by atoms with Crippen LogP contribution in [-0.2, 0) is 4.79 Å². The third-order valence-electron chi connectivity index (χ3n) is 4.90. The van der Waals surface area contributed by atoms with E-state index in [1.54, 1.807) is 7.11 Å². The second-order valence-electron chi connectivity index (χ2n) is 6.71. The van der Waals surface area contributed by atoms with Crippen molar-refractivity contribution >= 4 is 39.3 Å². The van der Waals surface area contributed by atoms with Gasteiger partial charge in [-0.2, -0.15) is 0 Å². The molecule has 0 saturated carbocycles. The maximum atomic E-state index is 12.6. The van der Waals surface area contributed by atoms with Crippen molar-refractivity contribution in [1.82, 2.24) is 15.1 Å². The highest BCUT2D eigenvalue weighted by atomic mass is 79.9. The van der Waals surface area contributed by atoms with E-state index in [4.69, 9.17) is 9.15 Å². The van der Waals surface area contributed by atoms with E-state index < -0.39 is 0 Å². The van der Waals surface area contributed by atoms with Crippen LogP contribution in [0.15, 0.2) is 62.6 Å². The first-order valence-corrected chi connectivity index (χ1v) is 11.3. The monoisotopic (exact) mass is 488 g/mol. The molecule has 1 aliphatic rings. The summed E-state index contributed by atoms with van der Waals surface area (Å²) in [5, 5.41) is 8.53. The molecule has 156 valence electrons. The van der Waals surface area contributed by atoms with Gasteiger partial charge in [-0.05, 0) is 52.3 Å². The molecule has 1 aromatic heterocycles. The summed E-state index contributed by atoms with van der Waals surface area (Å²) in [5.41, 5.74) is 1.97. The number of halogens is 1. The zero-order chi connectivity index (χ0) is 20.9. The number of nitrogens with zero attached hydrogens (tertiary/aromatic N) is 4. The number of anilines is 1. The highest BCUT2D eigenvalue weighted by molar-refractivity contribution is 9.10. The van der Waals surface area contributed by atoms with Crippen LogP contribution in [0.2, 0.25) is 0 Å². The minimum Gasteiger partial charge on any atom is -0.497 e. The molecule has 9 heteroatoms. The van der Waals surface area contributed by atoms with Crippen LogP contribution in [0.5, 0.6) is 5.75 Å². The van der Waals surface area contributed by atoms with Crippen molar-refractivity contribution < 1.29 is 13.9 Å². The van der Waals surface area contributed by atoms with Gasteiger partial charge in [0.25, 0.3) is 5.22 Å². The molecule has 0 atom stereocenters. The van der Waals surface area contributed by atoms with Crippen molar-refractivity contribution in [2.45, 2.75) is 5.22 Å². The number of piperazine rings is 1. The lowest BCUT2D eigenvalue weighted by atomic mass is 10.2. The van der Waals surface area contributed by atoms with Crippen LogP contribution in [0, 0.1) is 0 Å². The largest absolute Gasteiger partial charge is 0.497 e. The van der Waals surface area contributed by atoms with E-state index in [2.05, 4.69) is 31.0 Å². The van der Waals surface area contributed by atoms with Crippen molar-refractivity contribution in [3.63, 3.8) is 0 Å². The Bertz CT molecular complexity index is 1000. The van der Waals surface area contributed by atoms with Gasteiger partial charge in [0, 0.05) is 36.3 Å². The minimum atomic E-state index is 0.0787. The Morgan fingerprint density at radius 3 is 2.53 bits per heavy atom. The molecule has 0 bridgehead atoms. The molecule has 0 unspecified atom stereocenters. The molecule has 3 aromatic rings. The van der Waals surface area contributed by atoms with Gasteiger partial charge >= 0.3 is 0 Å². The van der Waals surface area contributed by atoms with E-state index >= 15 is 0 Å². The molecular weight excluding hydrogens is 468 g/mol. The number of benzene rings is 2. The van der Waals surface area contributed by atoms with Crippen molar-refractivity contribution in [3.8, 4) is 17.2 Å². The molecule has 2 heterocycles. The van der Waals surface area contributed by atoms with E-state index in [0.717, 1.165) is 34.6 Å². The fourth-order valence-corrected chi connectivity index (χ4v) is 4.35. The summed E-state index contributed by atoms with van der Waals surface area (Å²) in [5.74, 6) is 1.63. The molecule has 0 aliphatic carbocycles. The molecule has 1 fully saturated rings. The maximum Gasteiger partial charge on any atom is 0.277 e. The first-order chi connectivity index (χ1) is 14.6. The Kier molecular flexibility index (Phi) is 6.59. The average Bonchev–Trinajstić information content (AvgIpc) is 3.27. The van der Waals surface area contributed by atoms with Gasteiger partial charge in [-0.1, -0.05) is 23.9 Å². The molecule has 30 heavy (non-hydrogen) atoms. The normalized spacial score (nSPS) is 14.1. The third-order valence-corrected chi connectivity index (χ3v) is 6.39. The van der Waals surface area contributed by atoms with Crippen LogP contribution in [0.25, 0.3) is 11.5 Å². The van der Waals surface area contributed by atoms with Crippen molar-refractivity contribution in [2.75, 3.05) is 43.9 Å². The van der Waals surface area contributed by atoms with E-state index in [1.807, 2.05) is 53.4 Å². The van der Waals surface area contributed by atoms with Gasteiger partial charge in [-0.3, -0.25) is 4.79 Å². The molecule has 0 radical (unpaired) electrons. The summed E-state index contributed by atoms with van der Waals surface area (Å²) in [6, 6.07) is 15.7. The average molecular weight is 489 g/mol. The predicted octanol–water partition coefficient (Wildman–Crippen LogP) is 3.95. The number of hydrogen-bond acceptors (Lipinski definition) is 7. The number of ether oxygens (including phenoxy) is 1. The van der Waals surface area contributed by atoms with Crippen LogP contribution in [-0.4, -0.2) is 60.0 Å². The molecule has 2 aromatic carbocycles. The summed E-state index contributed by atoms with van der Waals surface area (Å²) < 4.78 is 11.8. The van der Waals surface area contributed by atoms with Gasteiger partial charge in [-0.15, -0.1) is 10.2 Å². The van der Waals surface area contributed by atoms with Gasteiger partial charge in [0.05, 0.1) is 18.4 Å². The van der Waals surface area contributed by atoms with Crippen molar-refractivity contribution in [2.24, 2.45) is 0 Å². The molecule has 1 saturated heterocycles. The number of rotatable bonds is 6. The quantitative estimate of drug-likeness (QED) is 0.486. The highest BCUT2D eigenvalue weighted by Crippen LogP contribution is 2.29. The maximum absolute atomic E-state index is 12.6. The smallest absolute Gasteiger partial charge is 0.277 e. The summed E-state index contributed by atoms with van der Waals surface area (Å²) >= 11 is 4.75. The zero-order valence-corrected chi connectivity index (χ0v) is 18.9. The van der Waals surface area contributed by atoms with Crippen LogP contribution in [0.4, 0.5) is 5.69 Å². The number of hydrogen-bond donors (Lipinski definition) is 0. The standard InChI is InChI=1S/C21H21BrN4O3S/c1-28-16-8-6-15(7-9-16)25-10-12-26(13-11-25)19(27)14-30-21-24-23-20(29-21)17-4-2-3-5-18(17)22/h2-9H,10-14H2,1H3. The van der Waals surface area contributed by atoms with E-state index in [0.29, 0.717) is 24.2 Å². The Morgan fingerprint density at radius 1 is 1.10 bits per heavy atom. The predicted molar refractivity (Wildman–Crippen MR) is 120 cm³/mol. The Balaban J connectivity index is 1.28. The number of methoxy groups -OCH3 is 1. The Hall–Kier alpha value is -2.52. The minimum absolute atomic E-state index is 0.0787. The summed E-state index contributed by atoms with van der Waals surface area (Å²) in [7, 11) is 1.66. The third kappa shape index (κ3) is 4.79. The van der Waals surface area contributed by atoms with Gasteiger partial charge in [0.1, 0.15) is 5.75 Å². The number of carbonyl (C=O) groups excluding carboxylic acids is 1. The molecule has 1 aliphatic heterocycles. The van der Waals surface area contributed by atoms with Crippen LogP contribution >= 0.6 is 27.7 Å². The lowest BCUT2D eigenvalue weighted by molar-refractivity contribution is -0.128. The highest BCUT2D eigenvalue weighted by Gasteiger charge is 2.22. The van der Waals surface area contributed by atoms with E-state index in [9.17, 15) is 4.79 Å². The Labute approximate surface area is 187 Å². The topological polar surface area (TPSA) is 71.7 Å². The van der Waals surface area contributed by atoms with Crippen LogP contribution < -0.4 is 9.64 Å². The fraction of sp³-hybridized carbons (Fsp3) is 0.286. The SMILES string of the molecule is COc1ccc(N2CCN(C(=O)CSc3nnc(-c4ccccc4Br)o3)CC2)cc1. The molecular formula is C21H21BrN4O3S. The fourth-order valence-electron chi connectivity index (χ4n) is 3.23. The zero-order valence-electron chi connectivity index (χ0n) is 16.5. The second-order valence-corrected chi connectivity index (χ2v) is 8.49. The molecule has 1 amide bonds. The first kappa shape index (κ1) is 20.7. The van der Waals surface area contributed by atoms with Crippen LogP contribution in [0.1, 0.15) is 0 Å². The van der Waals surface area contributed by atoms with Crippen LogP contribution in [0.3, 0.4) is 0 Å². The van der Waals surface area contributed by atoms with Crippen molar-refractivity contribution in [1.29, 1.82) is 0 Å². The molecule has 0 spiro atoms. The van der Waals surface area contributed by atoms with Gasteiger partial charge in [0.15, 0.2) is 0 Å². The summed E-state index contributed by atoms with van der Waals surface area (Å²) in [6.45, 7) is 2.99. The summed E-state index contributed by atoms with van der Waals surface area (Å²) in [6.07, 6.45) is 0. The van der Waals surface area contributed by atoms with Gasteiger partial charge in [0.2, 0.25) is 11.8 Å². The first-order valence-electron chi connectivity index (χ1n) is 9.52. The summed E-state index contributed by atoms with van der Waals surface area (Å²) in [4.78, 5) is 16.8. The number of thioether (sulfide) groups is 1. The second kappa shape index (κ2) is 9.53. The number of amides is 1. The molecule has 7 nitrogen and oxygen atoms in total. The lowest BCUT2D eigenvalue weighted by Gasteiger charge is -2.36. The lowest BCUT2D eigenvalue weighted by Crippen LogP contribution is -2.49. The van der Waals surface area contributed by atoms with Crippen molar-refractivity contribution in [3.05, 3.63) is 53.0 Å². The number of aromatic nitrogens is 2. The van der Waals surface area contributed by atoms with Gasteiger partial charge < -0.3 is 19.0 Å². The molecule has 0 N–H and O–H groups in total.